The van der Waals surface area contributed by atoms with Crippen LogP contribution in [0.5, 0.6) is 0 Å². The van der Waals surface area contributed by atoms with Crippen LogP contribution in [0.15, 0.2) is 12.1 Å². The van der Waals surface area contributed by atoms with Crippen LogP contribution in [0.25, 0.3) is 0 Å². The first-order chi connectivity index (χ1) is 7.33. The van der Waals surface area contributed by atoms with E-state index < -0.39 is 0 Å². The fourth-order valence-electron chi connectivity index (χ4n) is 1.56. The Morgan fingerprint density at radius 1 is 1.00 bits per heavy atom. The average molecular weight is 227 g/mol. The number of rotatable bonds is 7. The van der Waals surface area contributed by atoms with Crippen LogP contribution in [0.1, 0.15) is 51.1 Å². The van der Waals surface area contributed by atoms with Crippen molar-refractivity contribution in [1.82, 2.24) is 10.2 Å². The first-order valence-corrected chi connectivity index (χ1v) is 6.19. The fourth-order valence-corrected chi connectivity index (χ4v) is 1.66. The predicted molar refractivity (Wildman–Crippen MR) is 64.1 cm³/mol. The van der Waals surface area contributed by atoms with Crippen LogP contribution < -0.4 is 0 Å². The highest BCUT2D eigenvalue weighted by Crippen LogP contribution is 2.09. The number of nitrogens with zero attached hydrogens (tertiary/aromatic N) is 2. The molecule has 1 aromatic rings. The average Bonchev–Trinajstić information content (AvgIpc) is 2.26. The minimum absolute atomic E-state index is 0.474. The topological polar surface area (TPSA) is 25.8 Å². The standard InChI is InChI=1S/C12H19ClN2/c1-2-3-4-5-6-7-8-11-9-10-12(13)15-14-11/h9-10H,2-8H2,1H3. The van der Waals surface area contributed by atoms with Crippen LogP contribution in [0.3, 0.4) is 0 Å². The third-order valence-corrected chi connectivity index (χ3v) is 2.68. The molecule has 0 saturated heterocycles. The molecular formula is C12H19ClN2. The van der Waals surface area contributed by atoms with E-state index in [9.17, 15) is 0 Å². The second-order valence-corrected chi connectivity index (χ2v) is 4.25. The zero-order chi connectivity index (χ0) is 10.9. The van der Waals surface area contributed by atoms with E-state index in [-0.39, 0.29) is 0 Å². The van der Waals surface area contributed by atoms with Crippen LogP contribution in [0, 0.1) is 0 Å². The molecule has 3 heteroatoms. The van der Waals surface area contributed by atoms with Gasteiger partial charge in [-0.15, -0.1) is 5.10 Å². The van der Waals surface area contributed by atoms with Gasteiger partial charge in [0.1, 0.15) is 0 Å². The van der Waals surface area contributed by atoms with E-state index >= 15 is 0 Å². The van der Waals surface area contributed by atoms with E-state index in [4.69, 9.17) is 11.6 Å². The zero-order valence-corrected chi connectivity index (χ0v) is 10.1. The molecule has 0 radical (unpaired) electrons. The summed E-state index contributed by atoms with van der Waals surface area (Å²) >= 11 is 5.66. The summed E-state index contributed by atoms with van der Waals surface area (Å²) in [6, 6.07) is 3.77. The number of aryl methyl sites for hydroxylation is 1. The van der Waals surface area contributed by atoms with Crippen molar-refractivity contribution < 1.29 is 0 Å². The molecule has 0 saturated carbocycles. The van der Waals surface area contributed by atoms with E-state index in [1.165, 1.54) is 38.5 Å². The van der Waals surface area contributed by atoms with E-state index in [1.807, 2.05) is 6.07 Å². The van der Waals surface area contributed by atoms with Gasteiger partial charge in [0.15, 0.2) is 5.15 Å². The van der Waals surface area contributed by atoms with Gasteiger partial charge in [-0.2, -0.15) is 5.10 Å². The fraction of sp³-hybridized carbons (Fsp3) is 0.667. The van der Waals surface area contributed by atoms with Crippen LogP contribution >= 0.6 is 11.6 Å². The van der Waals surface area contributed by atoms with Crippen molar-refractivity contribution in [1.29, 1.82) is 0 Å². The summed E-state index contributed by atoms with van der Waals surface area (Å²) in [6.07, 6.45) is 8.90. The summed E-state index contributed by atoms with van der Waals surface area (Å²) in [4.78, 5) is 0. The molecule has 84 valence electrons. The second kappa shape index (κ2) is 7.63. The van der Waals surface area contributed by atoms with Crippen molar-refractivity contribution in [2.75, 3.05) is 0 Å². The van der Waals surface area contributed by atoms with E-state index in [0.717, 1.165) is 12.1 Å². The monoisotopic (exact) mass is 226 g/mol. The maximum atomic E-state index is 5.66. The van der Waals surface area contributed by atoms with Crippen molar-refractivity contribution in [3.8, 4) is 0 Å². The highest BCUT2D eigenvalue weighted by molar-refractivity contribution is 6.29. The Bertz CT molecular complexity index is 259. The summed E-state index contributed by atoms with van der Waals surface area (Å²) < 4.78 is 0. The third-order valence-electron chi connectivity index (χ3n) is 2.47. The molecule has 1 aromatic heterocycles. The second-order valence-electron chi connectivity index (χ2n) is 3.87. The first kappa shape index (κ1) is 12.4. The molecule has 1 rings (SSSR count). The molecule has 0 aliphatic rings. The maximum absolute atomic E-state index is 5.66. The van der Waals surface area contributed by atoms with Crippen molar-refractivity contribution in [3.05, 3.63) is 23.0 Å². The highest BCUT2D eigenvalue weighted by atomic mass is 35.5. The SMILES string of the molecule is CCCCCCCCc1ccc(Cl)nn1. The van der Waals surface area contributed by atoms with Crippen LogP contribution in [-0.2, 0) is 6.42 Å². The largest absolute Gasteiger partial charge is 0.154 e. The number of halogens is 1. The Hall–Kier alpha value is -0.630. The molecule has 0 aliphatic heterocycles. The number of aromatic nitrogens is 2. The van der Waals surface area contributed by atoms with E-state index in [2.05, 4.69) is 17.1 Å². The molecule has 0 fully saturated rings. The molecule has 0 N–H and O–H groups in total. The van der Waals surface area contributed by atoms with Gasteiger partial charge in [-0.25, -0.2) is 0 Å². The molecule has 0 bridgehead atoms. The lowest BCUT2D eigenvalue weighted by Gasteiger charge is -2.00. The van der Waals surface area contributed by atoms with Crippen molar-refractivity contribution in [2.45, 2.75) is 51.9 Å². The molecule has 1 heterocycles. The zero-order valence-electron chi connectivity index (χ0n) is 9.38. The number of hydrogen-bond donors (Lipinski definition) is 0. The van der Waals surface area contributed by atoms with Gasteiger partial charge >= 0.3 is 0 Å². The Balaban J connectivity index is 2.07. The Morgan fingerprint density at radius 2 is 1.73 bits per heavy atom. The van der Waals surface area contributed by atoms with Gasteiger partial charge in [0.2, 0.25) is 0 Å². The smallest absolute Gasteiger partial charge is 0.151 e. The number of hydrogen-bond acceptors (Lipinski definition) is 2. The Morgan fingerprint density at radius 3 is 2.40 bits per heavy atom. The normalized spacial score (nSPS) is 10.5. The first-order valence-electron chi connectivity index (χ1n) is 5.81. The molecule has 0 atom stereocenters. The lowest BCUT2D eigenvalue weighted by atomic mass is 10.1. The molecule has 0 amide bonds. The molecule has 0 aromatic carbocycles. The molecular weight excluding hydrogens is 208 g/mol. The minimum atomic E-state index is 0.474. The Labute approximate surface area is 97.1 Å². The van der Waals surface area contributed by atoms with Gasteiger partial charge in [0.05, 0.1) is 5.69 Å². The lowest BCUT2D eigenvalue weighted by Crippen LogP contribution is -1.92. The summed E-state index contributed by atoms with van der Waals surface area (Å²) in [7, 11) is 0. The molecule has 15 heavy (non-hydrogen) atoms. The molecule has 2 nitrogen and oxygen atoms in total. The van der Waals surface area contributed by atoms with Crippen LogP contribution in [0.4, 0.5) is 0 Å². The molecule has 0 unspecified atom stereocenters. The molecule has 0 spiro atoms. The van der Waals surface area contributed by atoms with Gasteiger partial charge in [0.25, 0.3) is 0 Å². The van der Waals surface area contributed by atoms with Crippen LogP contribution in [0.2, 0.25) is 5.15 Å². The van der Waals surface area contributed by atoms with Crippen molar-refractivity contribution in [3.63, 3.8) is 0 Å². The summed E-state index contributed by atoms with van der Waals surface area (Å²) in [5.41, 5.74) is 1.05. The predicted octanol–water partition coefficient (Wildman–Crippen LogP) is 4.03. The van der Waals surface area contributed by atoms with Crippen molar-refractivity contribution in [2.24, 2.45) is 0 Å². The summed E-state index contributed by atoms with van der Waals surface area (Å²) in [5, 5.41) is 8.33. The Kier molecular flexibility index (Phi) is 6.33. The summed E-state index contributed by atoms with van der Waals surface area (Å²) in [5.74, 6) is 0. The van der Waals surface area contributed by atoms with E-state index in [1.54, 1.807) is 6.07 Å². The minimum Gasteiger partial charge on any atom is -0.154 e. The van der Waals surface area contributed by atoms with Gasteiger partial charge < -0.3 is 0 Å². The third kappa shape index (κ3) is 5.73. The van der Waals surface area contributed by atoms with Crippen molar-refractivity contribution >= 4 is 11.6 Å². The maximum Gasteiger partial charge on any atom is 0.151 e. The van der Waals surface area contributed by atoms with Gasteiger partial charge in [-0.05, 0) is 25.0 Å². The van der Waals surface area contributed by atoms with Gasteiger partial charge in [-0.3, -0.25) is 0 Å². The molecule has 0 aliphatic carbocycles. The highest BCUT2D eigenvalue weighted by Gasteiger charge is 1.96. The summed E-state index contributed by atoms with van der Waals surface area (Å²) in [6.45, 7) is 2.24. The quantitative estimate of drug-likeness (QED) is 0.656. The van der Waals surface area contributed by atoms with E-state index in [0.29, 0.717) is 5.15 Å². The van der Waals surface area contributed by atoms with Gasteiger partial charge in [0, 0.05) is 0 Å². The van der Waals surface area contributed by atoms with Crippen LogP contribution in [-0.4, -0.2) is 10.2 Å². The number of unbranched alkanes of at least 4 members (excludes halogenated alkanes) is 5. The lowest BCUT2D eigenvalue weighted by molar-refractivity contribution is 0.603. The van der Waals surface area contributed by atoms with Gasteiger partial charge in [-0.1, -0.05) is 50.6 Å².